The minimum atomic E-state index is -4.64. The van der Waals surface area contributed by atoms with Gasteiger partial charge < -0.3 is 14.2 Å². The average Bonchev–Trinajstić information content (AvgIpc) is 3.21. The Kier molecular flexibility index (Phi) is 14.0. The number of rotatable bonds is 10. The first-order chi connectivity index (χ1) is 30.9. The Hall–Kier alpha value is -4.47. The highest BCUT2D eigenvalue weighted by atomic mass is 79.9. The van der Waals surface area contributed by atoms with Crippen LogP contribution in [0.5, 0.6) is 5.75 Å². The van der Waals surface area contributed by atoms with Gasteiger partial charge in [0.05, 0.1) is 25.4 Å². The molecule has 0 aromatic heterocycles. The number of hydrogen-bond acceptors (Lipinski definition) is 3. The molecule has 5 aromatic carbocycles. The molecule has 4 unspecified atom stereocenters. The lowest BCUT2D eigenvalue weighted by molar-refractivity contribution is -0.189. The monoisotopic (exact) mass is 980 g/mol. The van der Waals surface area contributed by atoms with E-state index in [9.17, 15) is 48.3 Å². The Balaban J connectivity index is 0.000000184. The lowest BCUT2D eigenvalue weighted by Gasteiger charge is -2.38. The van der Waals surface area contributed by atoms with E-state index in [1.54, 1.807) is 36.4 Å². The number of hydrogen-bond donors (Lipinski definition) is 0. The second kappa shape index (κ2) is 19.4. The smallest absolute Gasteiger partial charge is 0.429 e. The predicted octanol–water partition coefficient (Wildman–Crippen LogP) is 15.8. The van der Waals surface area contributed by atoms with Crippen molar-refractivity contribution in [1.82, 2.24) is 0 Å². The van der Waals surface area contributed by atoms with Gasteiger partial charge in [-0.2, -0.15) is 17.6 Å². The van der Waals surface area contributed by atoms with Gasteiger partial charge in [0.25, 0.3) is 0 Å². The van der Waals surface area contributed by atoms with Crippen molar-refractivity contribution in [3.8, 4) is 28.0 Å². The molecule has 2 heterocycles. The molecule has 2 aliphatic carbocycles. The topological polar surface area (TPSA) is 27.7 Å². The number of halogens is 12. The third kappa shape index (κ3) is 10.6. The molecule has 0 amide bonds. The molecule has 3 nitrogen and oxygen atoms in total. The average molecular weight is 982 g/mol. The van der Waals surface area contributed by atoms with Crippen molar-refractivity contribution in [2.45, 2.75) is 87.4 Å². The van der Waals surface area contributed by atoms with Gasteiger partial charge in [0.1, 0.15) is 40.1 Å². The van der Waals surface area contributed by atoms with E-state index in [1.165, 1.54) is 38.5 Å². The summed E-state index contributed by atoms with van der Waals surface area (Å²) < 4.78 is 169. The van der Waals surface area contributed by atoms with Gasteiger partial charge in [-0.25, -0.2) is 30.7 Å². The standard InChI is InChI=1S/C28H23F7O2.C22H21BrF4O/c29-21-10-19(11-22(30)26(21)28(34,35)37-20-12-23(31)27(33)24(32)13-20)16-4-6-17(7-5-16)25-9-8-18(14-36-25)15-2-1-3-15;23-22(26,27)21-18(24)10-17(11-19(21)25)14-4-6-15(7-5-14)20-9-8-16(12-28-20)13-2-1-3-13/h4-7,10-13,15,18,25H,1-3,8-9,14H2;4-7,10-11,13,16,20H,1-3,8-9,12H2. The molecule has 346 valence electrons. The van der Waals surface area contributed by atoms with E-state index >= 15 is 0 Å². The first-order valence-corrected chi connectivity index (χ1v) is 22.5. The summed E-state index contributed by atoms with van der Waals surface area (Å²) in [6.07, 6.45) is 7.22. The summed E-state index contributed by atoms with van der Waals surface area (Å²) >= 11 is 2.02. The van der Waals surface area contributed by atoms with E-state index in [0.29, 0.717) is 29.6 Å². The van der Waals surface area contributed by atoms with Gasteiger partial charge in [-0.05, 0) is 123 Å². The third-order valence-electron chi connectivity index (χ3n) is 13.3. The Bertz CT molecular complexity index is 2380. The molecule has 2 saturated heterocycles. The van der Waals surface area contributed by atoms with Crippen LogP contribution in [0.1, 0.15) is 98.7 Å². The highest BCUT2D eigenvalue weighted by molar-refractivity contribution is 9.09. The van der Waals surface area contributed by atoms with Crippen LogP contribution in [0.4, 0.5) is 48.3 Å². The Morgan fingerprint density at radius 3 is 1.15 bits per heavy atom. The first kappa shape index (κ1) is 47.0. The Morgan fingerprint density at radius 1 is 0.446 bits per heavy atom. The van der Waals surface area contributed by atoms with Crippen LogP contribution in [0.2, 0.25) is 0 Å². The van der Waals surface area contributed by atoms with Crippen molar-refractivity contribution < 1.29 is 62.5 Å². The summed E-state index contributed by atoms with van der Waals surface area (Å²) in [5.74, 6) is -9.57. The van der Waals surface area contributed by atoms with E-state index in [0.717, 1.165) is 79.5 Å². The molecule has 65 heavy (non-hydrogen) atoms. The molecule has 2 aliphatic heterocycles. The van der Waals surface area contributed by atoms with E-state index in [1.807, 2.05) is 28.1 Å². The summed E-state index contributed by atoms with van der Waals surface area (Å²) in [6.45, 7) is 1.50. The number of benzene rings is 5. The highest BCUT2D eigenvalue weighted by Gasteiger charge is 2.42. The molecule has 2 saturated carbocycles. The fourth-order valence-electron chi connectivity index (χ4n) is 9.23. The van der Waals surface area contributed by atoms with Crippen LogP contribution >= 0.6 is 15.9 Å². The number of ether oxygens (including phenoxy) is 3. The third-order valence-corrected chi connectivity index (χ3v) is 13.7. The zero-order valence-corrected chi connectivity index (χ0v) is 36.4. The minimum absolute atomic E-state index is 0.00887. The molecular formula is C50H44BrF11O3. The van der Waals surface area contributed by atoms with Crippen LogP contribution in [-0.4, -0.2) is 13.2 Å². The van der Waals surface area contributed by atoms with E-state index in [-0.39, 0.29) is 35.5 Å². The summed E-state index contributed by atoms with van der Waals surface area (Å²) in [5, 5.41) is 0. The van der Waals surface area contributed by atoms with Crippen molar-refractivity contribution in [1.29, 1.82) is 0 Å². The summed E-state index contributed by atoms with van der Waals surface area (Å²) in [4.78, 5) is -3.75. The van der Waals surface area contributed by atoms with Gasteiger partial charge in [-0.15, -0.1) is 0 Å². The van der Waals surface area contributed by atoms with Crippen molar-refractivity contribution in [2.24, 2.45) is 23.7 Å². The molecule has 0 bridgehead atoms. The molecule has 4 aliphatic rings. The molecule has 5 aromatic rings. The van der Waals surface area contributed by atoms with Gasteiger partial charge >= 0.3 is 10.9 Å². The number of alkyl halides is 5. The largest absolute Gasteiger partial charge is 0.432 e. The molecule has 0 spiro atoms. The van der Waals surface area contributed by atoms with E-state index in [2.05, 4.69) is 4.74 Å². The van der Waals surface area contributed by atoms with Gasteiger partial charge in [0.15, 0.2) is 17.5 Å². The molecular weight excluding hydrogens is 937 g/mol. The first-order valence-electron chi connectivity index (χ1n) is 21.7. The molecule has 9 rings (SSSR count). The van der Waals surface area contributed by atoms with Gasteiger partial charge in [-0.1, -0.05) is 87.1 Å². The second-order valence-corrected chi connectivity index (χ2v) is 18.4. The molecule has 15 heteroatoms. The Morgan fingerprint density at radius 2 is 0.831 bits per heavy atom. The van der Waals surface area contributed by atoms with E-state index < -0.39 is 68.5 Å². The summed E-state index contributed by atoms with van der Waals surface area (Å²) in [5.41, 5.74) is 0.120. The van der Waals surface area contributed by atoms with Crippen LogP contribution in [0.15, 0.2) is 84.9 Å². The Labute approximate surface area is 377 Å². The van der Waals surface area contributed by atoms with Crippen molar-refractivity contribution in [3.63, 3.8) is 0 Å². The van der Waals surface area contributed by atoms with Crippen molar-refractivity contribution >= 4 is 15.9 Å². The van der Waals surface area contributed by atoms with Crippen LogP contribution in [0.3, 0.4) is 0 Å². The zero-order valence-electron chi connectivity index (χ0n) is 34.8. The SMILES string of the molecule is Fc1cc(-c2ccc(C3CCC(C4CCC4)CO3)cc2)cc(F)c1C(F)(F)Br.Fc1cc(OC(F)(F)c2c(F)cc(-c3ccc(C4CCC(C5CCC5)CO4)cc3)cc2F)cc(F)c1F. The van der Waals surface area contributed by atoms with Crippen LogP contribution in [-0.2, 0) is 20.4 Å². The molecule has 0 N–H and O–H groups in total. The lowest BCUT2D eigenvalue weighted by Crippen LogP contribution is -2.30. The maximum atomic E-state index is 14.7. The molecule has 4 fully saturated rings. The van der Waals surface area contributed by atoms with Crippen LogP contribution < -0.4 is 4.74 Å². The van der Waals surface area contributed by atoms with Crippen LogP contribution in [0.25, 0.3) is 22.3 Å². The fourth-order valence-corrected chi connectivity index (χ4v) is 9.61. The van der Waals surface area contributed by atoms with Gasteiger partial charge in [-0.3, -0.25) is 0 Å². The second-order valence-electron chi connectivity index (χ2n) is 17.4. The van der Waals surface area contributed by atoms with Crippen molar-refractivity contribution in [2.75, 3.05) is 13.2 Å². The minimum Gasteiger partial charge on any atom is -0.429 e. The van der Waals surface area contributed by atoms with Crippen LogP contribution in [0, 0.1) is 64.4 Å². The highest BCUT2D eigenvalue weighted by Crippen LogP contribution is 2.44. The summed E-state index contributed by atoms with van der Waals surface area (Å²) in [7, 11) is 0. The zero-order chi connectivity index (χ0) is 46.2. The quantitative estimate of drug-likeness (QED) is 0.0793. The predicted molar refractivity (Wildman–Crippen MR) is 225 cm³/mol. The van der Waals surface area contributed by atoms with E-state index in [4.69, 9.17) is 9.47 Å². The van der Waals surface area contributed by atoms with Gasteiger partial charge in [0, 0.05) is 12.1 Å². The van der Waals surface area contributed by atoms with Gasteiger partial charge in [0.2, 0.25) is 0 Å². The fraction of sp³-hybridized carbons (Fsp3) is 0.400. The maximum absolute atomic E-state index is 14.7. The maximum Gasteiger partial charge on any atom is 0.432 e. The van der Waals surface area contributed by atoms with Crippen molar-refractivity contribution in [3.05, 3.63) is 148 Å². The summed E-state index contributed by atoms with van der Waals surface area (Å²) in [6, 6.07) is 17.7. The molecule has 4 atom stereocenters. The molecule has 0 radical (unpaired) electrons. The normalized spacial score (nSPS) is 21.8. The lowest BCUT2D eigenvalue weighted by atomic mass is 9.73.